The first kappa shape index (κ1) is 15.4. The minimum Gasteiger partial charge on any atom is -0.373 e. The maximum Gasteiger partial charge on any atom is 0.154 e. The third-order valence-electron chi connectivity index (χ3n) is 3.89. The molecular weight excluding hydrogens is 250 g/mol. The van der Waals surface area contributed by atoms with Crippen molar-refractivity contribution in [2.75, 3.05) is 19.7 Å². The van der Waals surface area contributed by atoms with Crippen molar-refractivity contribution < 1.29 is 4.74 Å². The molecule has 1 aliphatic carbocycles. The van der Waals surface area contributed by atoms with E-state index in [0.717, 1.165) is 56.4 Å². The summed E-state index contributed by atoms with van der Waals surface area (Å²) >= 11 is 0. The number of ether oxygens (including phenoxy) is 1. The van der Waals surface area contributed by atoms with Gasteiger partial charge in [-0.05, 0) is 57.2 Å². The second-order valence-corrected chi connectivity index (χ2v) is 5.62. The van der Waals surface area contributed by atoms with Gasteiger partial charge >= 0.3 is 0 Å². The zero-order valence-corrected chi connectivity index (χ0v) is 13.0. The lowest BCUT2D eigenvalue weighted by Crippen LogP contribution is -2.28. The van der Waals surface area contributed by atoms with Crippen LogP contribution in [-0.4, -0.2) is 29.7 Å². The molecule has 1 heterocycles. The molecule has 1 aromatic rings. The van der Waals surface area contributed by atoms with Crippen molar-refractivity contribution in [1.29, 1.82) is 0 Å². The van der Waals surface area contributed by atoms with Gasteiger partial charge in [-0.3, -0.25) is 0 Å². The van der Waals surface area contributed by atoms with Crippen molar-refractivity contribution in [3.63, 3.8) is 0 Å². The Kier molecular flexibility index (Phi) is 5.92. The van der Waals surface area contributed by atoms with E-state index < -0.39 is 0 Å². The summed E-state index contributed by atoms with van der Waals surface area (Å²) in [5, 5.41) is 3.45. The fourth-order valence-electron chi connectivity index (χ4n) is 2.82. The summed E-state index contributed by atoms with van der Waals surface area (Å²) in [6.45, 7) is 9.87. The van der Waals surface area contributed by atoms with Crippen LogP contribution >= 0.6 is 0 Å². The first-order valence-corrected chi connectivity index (χ1v) is 7.88. The number of aromatic nitrogens is 2. The van der Waals surface area contributed by atoms with Crippen molar-refractivity contribution >= 4 is 0 Å². The Labute approximate surface area is 122 Å². The first-order chi connectivity index (χ1) is 9.74. The Balaban J connectivity index is 2.03. The lowest BCUT2D eigenvalue weighted by atomic mass is 9.85. The molecule has 0 radical (unpaired) electrons. The van der Waals surface area contributed by atoms with Crippen molar-refractivity contribution in [2.45, 2.75) is 53.1 Å². The third kappa shape index (κ3) is 4.00. The molecule has 0 amide bonds. The van der Waals surface area contributed by atoms with Crippen LogP contribution in [0.3, 0.4) is 0 Å². The average Bonchev–Trinajstić information content (AvgIpc) is 2.46. The van der Waals surface area contributed by atoms with Crippen LogP contribution in [-0.2, 0) is 24.2 Å². The summed E-state index contributed by atoms with van der Waals surface area (Å²) in [4.78, 5) is 9.32. The van der Waals surface area contributed by atoms with Crippen molar-refractivity contribution in [1.82, 2.24) is 15.3 Å². The molecule has 0 bridgehead atoms. The average molecular weight is 277 g/mol. The smallest absolute Gasteiger partial charge is 0.154 e. The second-order valence-electron chi connectivity index (χ2n) is 5.62. The zero-order chi connectivity index (χ0) is 14.4. The molecule has 2 rings (SSSR count). The van der Waals surface area contributed by atoms with Gasteiger partial charge in [0.25, 0.3) is 0 Å². The topological polar surface area (TPSA) is 47.0 Å². The summed E-state index contributed by atoms with van der Waals surface area (Å²) in [6.07, 6.45) is 4.46. The van der Waals surface area contributed by atoms with Gasteiger partial charge in [0.1, 0.15) is 6.61 Å². The Morgan fingerprint density at radius 2 is 2.15 bits per heavy atom. The molecule has 4 nitrogen and oxygen atoms in total. The normalized spacial score (nSPS) is 18.1. The summed E-state index contributed by atoms with van der Waals surface area (Å²) < 4.78 is 5.55. The maximum absolute atomic E-state index is 5.55. The van der Waals surface area contributed by atoms with Crippen LogP contribution in [0, 0.1) is 12.8 Å². The highest BCUT2D eigenvalue weighted by molar-refractivity contribution is 5.28. The van der Waals surface area contributed by atoms with Gasteiger partial charge in [0.2, 0.25) is 0 Å². The van der Waals surface area contributed by atoms with E-state index in [1.54, 1.807) is 0 Å². The summed E-state index contributed by atoms with van der Waals surface area (Å²) in [6, 6.07) is 0. The Hall–Kier alpha value is -1.00. The molecule has 1 aliphatic rings. The highest BCUT2D eigenvalue weighted by atomic mass is 16.5. The number of aryl methyl sites for hydroxylation is 2. The van der Waals surface area contributed by atoms with Crippen LogP contribution in [0.2, 0.25) is 0 Å². The number of rotatable bonds is 7. The molecule has 0 fully saturated rings. The highest BCUT2D eigenvalue weighted by Gasteiger charge is 2.22. The fraction of sp³-hybridized carbons (Fsp3) is 0.750. The molecule has 0 saturated heterocycles. The SMILES string of the molecule is CCCOCc1nc(C)c2c(n1)CCC(CNCC)C2. The number of nitrogens with zero attached hydrogens (tertiary/aromatic N) is 2. The molecule has 0 aromatic carbocycles. The van der Waals surface area contributed by atoms with E-state index >= 15 is 0 Å². The van der Waals surface area contributed by atoms with Crippen LogP contribution < -0.4 is 5.32 Å². The number of fused-ring (bicyclic) bond motifs is 1. The van der Waals surface area contributed by atoms with Gasteiger partial charge in [-0.1, -0.05) is 13.8 Å². The van der Waals surface area contributed by atoms with E-state index in [4.69, 9.17) is 9.72 Å². The van der Waals surface area contributed by atoms with Crippen molar-refractivity contribution in [3.05, 3.63) is 22.8 Å². The number of hydrogen-bond donors (Lipinski definition) is 1. The lowest BCUT2D eigenvalue weighted by molar-refractivity contribution is 0.115. The Morgan fingerprint density at radius 3 is 2.90 bits per heavy atom. The van der Waals surface area contributed by atoms with Crippen LogP contribution in [0.15, 0.2) is 0 Å². The molecule has 0 spiro atoms. The predicted molar refractivity (Wildman–Crippen MR) is 80.8 cm³/mol. The fourth-order valence-corrected chi connectivity index (χ4v) is 2.82. The molecule has 112 valence electrons. The molecule has 1 aromatic heterocycles. The van der Waals surface area contributed by atoms with E-state index in [-0.39, 0.29) is 0 Å². The van der Waals surface area contributed by atoms with Gasteiger partial charge in [-0.15, -0.1) is 0 Å². The molecule has 0 aliphatic heterocycles. The van der Waals surface area contributed by atoms with E-state index in [1.165, 1.54) is 17.7 Å². The van der Waals surface area contributed by atoms with E-state index in [9.17, 15) is 0 Å². The van der Waals surface area contributed by atoms with Gasteiger partial charge in [-0.2, -0.15) is 0 Å². The minimum absolute atomic E-state index is 0.544. The zero-order valence-electron chi connectivity index (χ0n) is 13.0. The molecule has 4 heteroatoms. The monoisotopic (exact) mass is 277 g/mol. The molecule has 1 unspecified atom stereocenters. The van der Waals surface area contributed by atoms with Crippen LogP contribution in [0.25, 0.3) is 0 Å². The quantitative estimate of drug-likeness (QED) is 0.778. The highest BCUT2D eigenvalue weighted by Crippen LogP contribution is 2.26. The van der Waals surface area contributed by atoms with Gasteiger partial charge in [-0.25, -0.2) is 9.97 Å². The Bertz CT molecular complexity index is 434. The lowest BCUT2D eigenvalue weighted by Gasteiger charge is -2.25. The van der Waals surface area contributed by atoms with E-state index in [1.807, 2.05) is 0 Å². The molecule has 1 N–H and O–H groups in total. The standard InChI is InChI=1S/C16H27N3O/c1-4-8-20-11-16-18-12(3)14-9-13(10-17-5-2)6-7-15(14)19-16/h13,17H,4-11H2,1-3H3. The Morgan fingerprint density at radius 1 is 1.30 bits per heavy atom. The van der Waals surface area contributed by atoms with Crippen LogP contribution in [0.5, 0.6) is 0 Å². The van der Waals surface area contributed by atoms with Crippen LogP contribution in [0.1, 0.15) is 49.5 Å². The first-order valence-electron chi connectivity index (χ1n) is 7.88. The number of nitrogens with one attached hydrogen (secondary N) is 1. The summed E-state index contributed by atoms with van der Waals surface area (Å²) in [7, 11) is 0. The van der Waals surface area contributed by atoms with Crippen molar-refractivity contribution in [3.8, 4) is 0 Å². The number of hydrogen-bond acceptors (Lipinski definition) is 4. The summed E-state index contributed by atoms with van der Waals surface area (Å²) in [5.74, 6) is 1.58. The molecular formula is C16H27N3O. The van der Waals surface area contributed by atoms with Gasteiger partial charge in [0.05, 0.1) is 0 Å². The van der Waals surface area contributed by atoms with E-state index in [2.05, 4.69) is 31.1 Å². The minimum atomic E-state index is 0.544. The summed E-state index contributed by atoms with van der Waals surface area (Å²) in [5.41, 5.74) is 3.77. The largest absolute Gasteiger partial charge is 0.373 e. The van der Waals surface area contributed by atoms with Gasteiger partial charge in [0.15, 0.2) is 5.82 Å². The molecule has 0 saturated carbocycles. The van der Waals surface area contributed by atoms with Crippen molar-refractivity contribution in [2.24, 2.45) is 5.92 Å². The second kappa shape index (κ2) is 7.70. The maximum atomic E-state index is 5.55. The molecule has 1 atom stereocenters. The predicted octanol–water partition coefficient (Wildman–Crippen LogP) is 2.43. The van der Waals surface area contributed by atoms with E-state index in [0.29, 0.717) is 6.61 Å². The van der Waals surface area contributed by atoms with Gasteiger partial charge in [0, 0.05) is 18.0 Å². The molecule has 20 heavy (non-hydrogen) atoms. The van der Waals surface area contributed by atoms with Gasteiger partial charge < -0.3 is 10.1 Å². The van der Waals surface area contributed by atoms with Crippen LogP contribution in [0.4, 0.5) is 0 Å². The third-order valence-corrected chi connectivity index (χ3v) is 3.89.